The van der Waals surface area contributed by atoms with Crippen LogP contribution in [0.3, 0.4) is 0 Å². The van der Waals surface area contributed by atoms with Gasteiger partial charge in [0.1, 0.15) is 5.82 Å². The zero-order valence-corrected chi connectivity index (χ0v) is 8.84. The molecule has 3 nitrogen and oxygen atoms in total. The molecule has 0 heterocycles. The van der Waals surface area contributed by atoms with Crippen molar-refractivity contribution in [3.8, 4) is 0 Å². The minimum absolute atomic E-state index is 0.192. The number of amides is 1. The summed E-state index contributed by atoms with van der Waals surface area (Å²) >= 11 is 0. The monoisotopic (exact) mass is 244 g/mol. The first-order valence-electron chi connectivity index (χ1n) is 4.77. The fourth-order valence-corrected chi connectivity index (χ4v) is 1.13. The maximum absolute atomic E-state index is 13.2. The molecule has 1 rings (SSSR count). The molecule has 1 aromatic rings. The predicted molar refractivity (Wildman–Crippen MR) is 57.7 cm³/mol. The molecule has 1 aromatic carbocycles. The number of benzene rings is 1. The van der Waals surface area contributed by atoms with Crippen LogP contribution < -0.4 is 11.1 Å². The van der Waals surface area contributed by atoms with Gasteiger partial charge in [-0.3, -0.25) is 4.79 Å². The maximum Gasteiger partial charge on any atom is 0.241 e. The van der Waals surface area contributed by atoms with Crippen LogP contribution in [0.2, 0.25) is 0 Å². The molecule has 0 fully saturated rings. The van der Waals surface area contributed by atoms with Crippen molar-refractivity contribution in [3.05, 3.63) is 42.2 Å². The van der Waals surface area contributed by atoms with Crippen LogP contribution in [0.5, 0.6) is 0 Å². The van der Waals surface area contributed by atoms with Gasteiger partial charge in [-0.05, 0) is 6.42 Å². The van der Waals surface area contributed by atoms with E-state index >= 15 is 0 Å². The third-order valence-corrected chi connectivity index (χ3v) is 2.03. The van der Waals surface area contributed by atoms with Crippen LogP contribution in [0.4, 0.5) is 18.9 Å². The fourth-order valence-electron chi connectivity index (χ4n) is 1.13. The molecule has 0 bridgehead atoms. The molecule has 0 aromatic heterocycles. The Morgan fingerprint density at radius 3 is 2.53 bits per heavy atom. The summed E-state index contributed by atoms with van der Waals surface area (Å²) in [5.74, 6) is -4.34. The zero-order chi connectivity index (χ0) is 13.0. The third kappa shape index (κ3) is 3.32. The van der Waals surface area contributed by atoms with Gasteiger partial charge in [0, 0.05) is 12.1 Å². The summed E-state index contributed by atoms with van der Waals surface area (Å²) < 4.78 is 38.6. The number of anilines is 1. The average molecular weight is 244 g/mol. The molecule has 0 saturated heterocycles. The quantitative estimate of drug-likeness (QED) is 0.628. The molecule has 0 aliphatic heterocycles. The number of hydrogen-bond acceptors (Lipinski definition) is 2. The lowest BCUT2D eigenvalue weighted by Crippen LogP contribution is -2.35. The Morgan fingerprint density at radius 1 is 1.35 bits per heavy atom. The Bertz CT molecular complexity index is 449. The topological polar surface area (TPSA) is 55.1 Å². The van der Waals surface area contributed by atoms with Gasteiger partial charge in [0.05, 0.1) is 11.7 Å². The van der Waals surface area contributed by atoms with Crippen LogP contribution in [-0.4, -0.2) is 11.9 Å². The van der Waals surface area contributed by atoms with E-state index in [4.69, 9.17) is 5.73 Å². The Morgan fingerprint density at radius 2 is 1.94 bits per heavy atom. The summed E-state index contributed by atoms with van der Waals surface area (Å²) in [5.41, 5.74) is 4.97. The molecule has 1 unspecified atom stereocenters. The van der Waals surface area contributed by atoms with Gasteiger partial charge in [0.15, 0.2) is 11.6 Å². The van der Waals surface area contributed by atoms with Gasteiger partial charge in [-0.25, -0.2) is 13.2 Å². The molecule has 0 saturated carbocycles. The molecule has 1 amide bonds. The van der Waals surface area contributed by atoms with E-state index in [1.54, 1.807) is 0 Å². The Balaban J connectivity index is 2.85. The van der Waals surface area contributed by atoms with Crippen molar-refractivity contribution in [3.63, 3.8) is 0 Å². The van der Waals surface area contributed by atoms with Crippen LogP contribution in [0.25, 0.3) is 0 Å². The van der Waals surface area contributed by atoms with E-state index in [0.717, 1.165) is 0 Å². The van der Waals surface area contributed by atoms with Gasteiger partial charge >= 0.3 is 0 Å². The van der Waals surface area contributed by atoms with E-state index in [1.165, 1.54) is 6.08 Å². The molecular weight excluding hydrogens is 233 g/mol. The smallest absolute Gasteiger partial charge is 0.241 e. The minimum Gasteiger partial charge on any atom is -0.322 e. The molecule has 3 N–H and O–H groups in total. The number of rotatable bonds is 4. The van der Waals surface area contributed by atoms with Gasteiger partial charge in [-0.15, -0.1) is 6.58 Å². The van der Waals surface area contributed by atoms with E-state index < -0.39 is 35.1 Å². The number of nitrogens with one attached hydrogen (secondary N) is 1. The summed E-state index contributed by atoms with van der Waals surface area (Å²) in [5, 5.41) is 2.07. The Hall–Kier alpha value is -1.82. The first kappa shape index (κ1) is 13.2. The van der Waals surface area contributed by atoms with Crippen LogP contribution in [0, 0.1) is 17.5 Å². The predicted octanol–water partition coefficient (Wildman–Crippen LogP) is 1.95. The largest absolute Gasteiger partial charge is 0.322 e. The number of nitrogens with two attached hydrogens (primary N) is 1. The number of hydrogen-bond donors (Lipinski definition) is 2. The molecule has 17 heavy (non-hydrogen) atoms. The van der Waals surface area contributed by atoms with Crippen molar-refractivity contribution in [2.24, 2.45) is 5.73 Å². The SMILES string of the molecule is C=CCC(N)C(=O)Nc1cc(F)c(F)cc1F. The highest BCUT2D eigenvalue weighted by Gasteiger charge is 2.16. The van der Waals surface area contributed by atoms with Gasteiger partial charge < -0.3 is 11.1 Å². The van der Waals surface area contributed by atoms with Gasteiger partial charge in [0.25, 0.3) is 0 Å². The van der Waals surface area contributed by atoms with E-state index in [0.29, 0.717) is 12.1 Å². The normalized spacial score (nSPS) is 12.0. The second-order valence-corrected chi connectivity index (χ2v) is 3.37. The molecule has 92 valence electrons. The first-order valence-corrected chi connectivity index (χ1v) is 4.77. The van der Waals surface area contributed by atoms with Crippen molar-refractivity contribution in [1.29, 1.82) is 0 Å². The lowest BCUT2D eigenvalue weighted by Gasteiger charge is -2.11. The van der Waals surface area contributed by atoms with E-state index in [1.807, 2.05) is 0 Å². The molecule has 0 aliphatic rings. The molecule has 0 spiro atoms. The maximum atomic E-state index is 13.2. The van der Waals surface area contributed by atoms with Crippen molar-refractivity contribution in [2.45, 2.75) is 12.5 Å². The first-order chi connectivity index (χ1) is 7.95. The molecule has 6 heteroatoms. The highest BCUT2D eigenvalue weighted by molar-refractivity contribution is 5.94. The number of halogens is 3. The summed E-state index contributed by atoms with van der Waals surface area (Å²) in [7, 11) is 0. The lowest BCUT2D eigenvalue weighted by atomic mass is 10.2. The van der Waals surface area contributed by atoms with E-state index in [-0.39, 0.29) is 6.42 Å². The van der Waals surface area contributed by atoms with Crippen molar-refractivity contribution in [2.75, 3.05) is 5.32 Å². The van der Waals surface area contributed by atoms with E-state index in [9.17, 15) is 18.0 Å². The summed E-state index contributed by atoms with van der Waals surface area (Å²) in [6.45, 7) is 3.39. The molecular formula is C11H11F3N2O. The van der Waals surface area contributed by atoms with Crippen LogP contribution in [0.1, 0.15) is 6.42 Å². The van der Waals surface area contributed by atoms with Crippen LogP contribution in [0.15, 0.2) is 24.8 Å². The molecule has 1 atom stereocenters. The standard InChI is InChI=1S/C11H11F3N2O/c1-2-3-9(15)11(17)16-10-5-7(13)6(12)4-8(10)14/h2,4-5,9H,1,3,15H2,(H,16,17). The summed E-state index contributed by atoms with van der Waals surface area (Å²) in [6, 6.07) is -0.00676. The van der Waals surface area contributed by atoms with E-state index in [2.05, 4.69) is 11.9 Å². The average Bonchev–Trinajstić information content (AvgIpc) is 2.26. The molecule has 0 radical (unpaired) electrons. The summed E-state index contributed by atoms with van der Waals surface area (Å²) in [6.07, 6.45) is 1.61. The van der Waals surface area contributed by atoms with Crippen molar-refractivity contribution >= 4 is 11.6 Å². The Kier molecular flexibility index (Phi) is 4.28. The molecule has 0 aliphatic carbocycles. The highest BCUT2D eigenvalue weighted by Crippen LogP contribution is 2.18. The van der Waals surface area contributed by atoms with Crippen molar-refractivity contribution < 1.29 is 18.0 Å². The van der Waals surface area contributed by atoms with Gasteiger partial charge in [0.2, 0.25) is 5.91 Å². The summed E-state index contributed by atoms with van der Waals surface area (Å²) in [4.78, 5) is 11.4. The van der Waals surface area contributed by atoms with Crippen molar-refractivity contribution in [1.82, 2.24) is 0 Å². The second-order valence-electron chi connectivity index (χ2n) is 3.37. The fraction of sp³-hybridized carbons (Fsp3) is 0.182. The lowest BCUT2D eigenvalue weighted by molar-refractivity contribution is -0.117. The van der Waals surface area contributed by atoms with Gasteiger partial charge in [-0.1, -0.05) is 6.08 Å². The second kappa shape index (κ2) is 5.49. The Labute approximate surface area is 96.1 Å². The minimum atomic E-state index is -1.32. The van der Waals surface area contributed by atoms with Gasteiger partial charge in [-0.2, -0.15) is 0 Å². The highest BCUT2D eigenvalue weighted by atomic mass is 19.2. The number of carbonyl (C=O) groups excluding carboxylic acids is 1. The zero-order valence-electron chi connectivity index (χ0n) is 8.84. The van der Waals surface area contributed by atoms with Crippen LogP contribution >= 0.6 is 0 Å². The number of carbonyl (C=O) groups is 1. The van der Waals surface area contributed by atoms with Crippen LogP contribution in [-0.2, 0) is 4.79 Å². The third-order valence-electron chi connectivity index (χ3n) is 2.03.